The van der Waals surface area contributed by atoms with Gasteiger partial charge in [0.15, 0.2) is 4.77 Å². The highest BCUT2D eigenvalue weighted by atomic mass is 32.1. The Bertz CT molecular complexity index is 1180. The van der Waals surface area contributed by atoms with E-state index in [0.29, 0.717) is 34.9 Å². The summed E-state index contributed by atoms with van der Waals surface area (Å²) in [7, 11) is 0. The molecule has 4 rings (SSSR count). The fourth-order valence-electron chi connectivity index (χ4n) is 4.19. The van der Waals surface area contributed by atoms with Gasteiger partial charge in [-0.15, -0.1) is 0 Å². The number of carbonyl (C=O) groups excluding carboxylic acids is 1. The molecule has 2 aromatic carbocycles. The zero-order chi connectivity index (χ0) is 21.8. The number of para-hydroxylation sites is 1. The summed E-state index contributed by atoms with van der Waals surface area (Å²) in [6, 6.07) is 15.3. The number of aromatic nitrogens is 2. The number of likely N-dealkylation sites (tertiary alicyclic amines) is 1. The number of fused-ring (bicyclic) bond motifs is 1. The summed E-state index contributed by atoms with van der Waals surface area (Å²) < 4.78 is 1.93. The van der Waals surface area contributed by atoms with Crippen molar-refractivity contribution in [2.45, 2.75) is 38.8 Å². The molecule has 31 heavy (non-hydrogen) atoms. The van der Waals surface area contributed by atoms with E-state index < -0.39 is 0 Å². The van der Waals surface area contributed by atoms with Gasteiger partial charge in [-0.3, -0.25) is 19.1 Å². The van der Waals surface area contributed by atoms with E-state index in [4.69, 9.17) is 12.2 Å². The summed E-state index contributed by atoms with van der Waals surface area (Å²) in [5.74, 6) is -0.0728. The molecule has 1 aliphatic heterocycles. The van der Waals surface area contributed by atoms with E-state index in [1.54, 1.807) is 22.8 Å². The Labute approximate surface area is 186 Å². The number of amides is 1. The Morgan fingerprint density at radius 2 is 1.94 bits per heavy atom. The number of piperidine rings is 1. The van der Waals surface area contributed by atoms with Crippen LogP contribution in [0.25, 0.3) is 10.9 Å². The largest absolute Gasteiger partial charge is 0.351 e. The quantitative estimate of drug-likeness (QED) is 0.578. The Kier molecular flexibility index (Phi) is 6.63. The summed E-state index contributed by atoms with van der Waals surface area (Å²) in [6.45, 7) is 5.25. The zero-order valence-electron chi connectivity index (χ0n) is 17.8. The van der Waals surface area contributed by atoms with Crippen LogP contribution in [-0.4, -0.2) is 46.0 Å². The average Bonchev–Trinajstić information content (AvgIpc) is 2.78. The Hall–Kier alpha value is -2.77. The van der Waals surface area contributed by atoms with Crippen molar-refractivity contribution in [3.63, 3.8) is 0 Å². The molecule has 0 radical (unpaired) electrons. The number of nitrogens with zero attached hydrogens (tertiary/aromatic N) is 2. The minimum atomic E-state index is -0.117. The molecule has 0 saturated carbocycles. The second-order valence-corrected chi connectivity index (χ2v) is 8.59. The van der Waals surface area contributed by atoms with Gasteiger partial charge in [0.25, 0.3) is 11.5 Å². The van der Waals surface area contributed by atoms with Crippen molar-refractivity contribution in [2.24, 2.45) is 0 Å². The number of nitrogens with one attached hydrogen (secondary N) is 2. The van der Waals surface area contributed by atoms with Gasteiger partial charge in [0.05, 0.1) is 17.4 Å². The van der Waals surface area contributed by atoms with Crippen LogP contribution in [0.3, 0.4) is 0 Å². The van der Waals surface area contributed by atoms with Crippen molar-refractivity contribution in [1.29, 1.82) is 0 Å². The number of hydrogen-bond donors (Lipinski definition) is 2. The molecule has 2 N–H and O–H groups in total. The maximum Gasteiger partial charge on any atom is 0.262 e. The summed E-state index contributed by atoms with van der Waals surface area (Å²) in [5, 5.41) is 3.62. The van der Waals surface area contributed by atoms with Gasteiger partial charge in [0.1, 0.15) is 0 Å². The zero-order valence-corrected chi connectivity index (χ0v) is 18.6. The lowest BCUT2D eigenvalue weighted by atomic mass is 10.0. The highest BCUT2D eigenvalue weighted by Gasteiger charge is 2.17. The van der Waals surface area contributed by atoms with Crippen LogP contribution < -0.4 is 10.9 Å². The molecular formula is C24H28N4O2S. The van der Waals surface area contributed by atoms with Crippen molar-refractivity contribution >= 4 is 29.0 Å². The highest BCUT2D eigenvalue weighted by molar-refractivity contribution is 7.71. The molecule has 1 saturated heterocycles. The van der Waals surface area contributed by atoms with Gasteiger partial charge in [-0.2, -0.15) is 0 Å². The Morgan fingerprint density at radius 3 is 2.71 bits per heavy atom. The van der Waals surface area contributed by atoms with Crippen LogP contribution in [0.1, 0.15) is 42.1 Å². The lowest BCUT2D eigenvalue weighted by Crippen LogP contribution is -2.42. The Balaban J connectivity index is 1.39. The predicted octanol–water partition coefficient (Wildman–Crippen LogP) is 3.71. The highest BCUT2D eigenvalue weighted by Crippen LogP contribution is 2.15. The van der Waals surface area contributed by atoms with Gasteiger partial charge in [-0.25, -0.2) is 0 Å². The Morgan fingerprint density at radius 1 is 1.16 bits per heavy atom. The van der Waals surface area contributed by atoms with Crippen LogP contribution in [0, 0.1) is 4.77 Å². The van der Waals surface area contributed by atoms with Gasteiger partial charge in [0.2, 0.25) is 0 Å². The van der Waals surface area contributed by atoms with Crippen molar-refractivity contribution in [3.05, 3.63) is 74.8 Å². The summed E-state index contributed by atoms with van der Waals surface area (Å²) >= 11 is 5.38. The van der Waals surface area contributed by atoms with E-state index in [2.05, 4.69) is 22.1 Å². The first-order valence-corrected chi connectivity index (χ1v) is 11.3. The minimum Gasteiger partial charge on any atom is -0.351 e. The number of benzene rings is 2. The first-order valence-electron chi connectivity index (χ1n) is 10.9. The minimum absolute atomic E-state index is 0.0728. The predicted molar refractivity (Wildman–Crippen MR) is 126 cm³/mol. The van der Waals surface area contributed by atoms with Crippen LogP contribution in [0.4, 0.5) is 0 Å². The topological polar surface area (TPSA) is 70.1 Å². The summed E-state index contributed by atoms with van der Waals surface area (Å²) in [6.07, 6.45) is 3.77. The van der Waals surface area contributed by atoms with Gasteiger partial charge >= 0.3 is 0 Å². The van der Waals surface area contributed by atoms with E-state index in [9.17, 15) is 9.59 Å². The fourth-order valence-corrected chi connectivity index (χ4v) is 4.45. The van der Waals surface area contributed by atoms with E-state index in [0.717, 1.165) is 24.2 Å². The summed E-state index contributed by atoms with van der Waals surface area (Å²) in [4.78, 5) is 30.8. The molecule has 0 unspecified atom stereocenters. The van der Waals surface area contributed by atoms with Crippen LogP contribution in [0.5, 0.6) is 0 Å². The molecule has 0 aliphatic carbocycles. The lowest BCUT2D eigenvalue weighted by molar-refractivity contribution is 0.0938. The van der Waals surface area contributed by atoms with E-state index in [1.807, 2.05) is 30.3 Å². The number of carbonyl (C=O) groups is 1. The molecule has 1 aromatic heterocycles. The fraction of sp³-hybridized carbons (Fsp3) is 0.375. The van der Waals surface area contributed by atoms with Gasteiger partial charge in [0, 0.05) is 24.7 Å². The normalized spacial score (nSPS) is 17.0. The molecule has 6 nitrogen and oxygen atoms in total. The molecule has 162 valence electrons. The molecule has 7 heteroatoms. The third-order valence-electron chi connectivity index (χ3n) is 6.07. The average molecular weight is 437 g/mol. The number of aromatic amines is 1. The SMILES string of the molecule is C[C@H]1CCCCN1CCNC(=O)c1ccc(Cn2c(=S)[nH]c3ccccc3c2=O)cc1. The van der Waals surface area contributed by atoms with Crippen molar-refractivity contribution in [1.82, 2.24) is 19.8 Å². The third-order valence-corrected chi connectivity index (χ3v) is 6.39. The van der Waals surface area contributed by atoms with E-state index in [1.165, 1.54) is 19.3 Å². The first-order chi connectivity index (χ1) is 15.0. The first kappa shape index (κ1) is 21.5. The van der Waals surface area contributed by atoms with Crippen LogP contribution in [0.2, 0.25) is 0 Å². The monoisotopic (exact) mass is 436 g/mol. The maximum absolute atomic E-state index is 12.8. The standard InChI is InChI=1S/C24H28N4O2S/c1-17-6-4-5-14-27(17)15-13-25-22(29)19-11-9-18(10-12-19)16-28-23(30)20-7-2-3-8-21(20)26-24(28)31/h2-3,7-12,17H,4-6,13-16H2,1H3,(H,25,29)(H,26,31)/t17-/m0/s1. The second kappa shape index (κ2) is 9.58. The molecule has 1 amide bonds. The van der Waals surface area contributed by atoms with E-state index in [-0.39, 0.29) is 11.5 Å². The van der Waals surface area contributed by atoms with Crippen molar-refractivity contribution in [3.8, 4) is 0 Å². The molecule has 3 aromatic rings. The molecule has 1 aliphatic rings. The molecule has 2 heterocycles. The van der Waals surface area contributed by atoms with Gasteiger partial charge < -0.3 is 10.3 Å². The van der Waals surface area contributed by atoms with Crippen molar-refractivity contribution in [2.75, 3.05) is 19.6 Å². The molecule has 0 spiro atoms. The maximum atomic E-state index is 12.8. The molecule has 0 bridgehead atoms. The van der Waals surface area contributed by atoms with Gasteiger partial charge in [-0.05, 0) is 68.4 Å². The van der Waals surface area contributed by atoms with E-state index >= 15 is 0 Å². The smallest absolute Gasteiger partial charge is 0.262 e. The third kappa shape index (κ3) is 4.94. The lowest BCUT2D eigenvalue weighted by Gasteiger charge is -2.33. The van der Waals surface area contributed by atoms with Gasteiger partial charge in [-0.1, -0.05) is 30.7 Å². The number of rotatable bonds is 6. The van der Waals surface area contributed by atoms with Crippen LogP contribution >= 0.6 is 12.2 Å². The molecule has 1 atom stereocenters. The van der Waals surface area contributed by atoms with Crippen LogP contribution in [0.15, 0.2) is 53.3 Å². The number of H-pyrrole nitrogens is 1. The van der Waals surface area contributed by atoms with Crippen molar-refractivity contribution < 1.29 is 4.79 Å². The summed E-state index contributed by atoms with van der Waals surface area (Å²) in [5.41, 5.74) is 2.15. The molecule has 1 fully saturated rings. The number of hydrogen-bond acceptors (Lipinski definition) is 4. The van der Waals surface area contributed by atoms with Crippen LogP contribution in [-0.2, 0) is 6.54 Å². The molecular weight excluding hydrogens is 408 g/mol. The second-order valence-electron chi connectivity index (χ2n) is 8.20.